The van der Waals surface area contributed by atoms with Crippen molar-refractivity contribution in [3.8, 4) is 0 Å². The SMILES string of the molecule is CC/C=C\C/C=C\C/C=C\CCCCCCCCOCC(COC(=O)CCCCCCCCC/C=C\CCCCCCCC)OC(=O)CCCCCCC/C=C\C/C=C\CCCCC. The van der Waals surface area contributed by atoms with Gasteiger partial charge in [-0.1, -0.05) is 216 Å². The second-order valence-corrected chi connectivity index (χ2v) is 18.1. The molecule has 0 rings (SSSR count). The summed E-state index contributed by atoms with van der Waals surface area (Å²) in [6.07, 6.45) is 70.5. The van der Waals surface area contributed by atoms with Gasteiger partial charge in [0, 0.05) is 19.4 Å². The predicted octanol–water partition coefficient (Wildman–Crippen LogP) is 18.7. The van der Waals surface area contributed by atoms with Crippen LogP contribution in [0, 0.1) is 0 Å². The third-order valence-corrected chi connectivity index (χ3v) is 11.7. The van der Waals surface area contributed by atoms with Crippen LogP contribution in [-0.4, -0.2) is 37.9 Å². The van der Waals surface area contributed by atoms with Crippen LogP contribution in [0.4, 0.5) is 0 Å². The molecule has 1 unspecified atom stereocenters. The van der Waals surface area contributed by atoms with Crippen molar-refractivity contribution < 1.29 is 23.8 Å². The van der Waals surface area contributed by atoms with Crippen LogP contribution in [0.3, 0.4) is 0 Å². The molecule has 0 heterocycles. The van der Waals surface area contributed by atoms with Gasteiger partial charge in [0.25, 0.3) is 0 Å². The van der Waals surface area contributed by atoms with E-state index in [4.69, 9.17) is 14.2 Å². The number of hydrogen-bond acceptors (Lipinski definition) is 5. The van der Waals surface area contributed by atoms with E-state index < -0.39 is 6.10 Å². The summed E-state index contributed by atoms with van der Waals surface area (Å²) < 4.78 is 17.4. The number of hydrogen-bond donors (Lipinski definition) is 0. The highest BCUT2D eigenvalue weighted by Crippen LogP contribution is 2.14. The molecule has 0 spiro atoms. The molecule has 0 aliphatic heterocycles. The van der Waals surface area contributed by atoms with E-state index in [1.54, 1.807) is 0 Å². The molecule has 370 valence electrons. The van der Waals surface area contributed by atoms with Crippen LogP contribution in [0.2, 0.25) is 0 Å². The molecule has 0 aliphatic carbocycles. The Morgan fingerprint density at radius 1 is 0.359 bits per heavy atom. The smallest absolute Gasteiger partial charge is 0.306 e. The van der Waals surface area contributed by atoms with Gasteiger partial charge in [-0.25, -0.2) is 0 Å². The summed E-state index contributed by atoms with van der Waals surface area (Å²) in [6, 6.07) is 0. The van der Waals surface area contributed by atoms with Gasteiger partial charge in [-0.05, 0) is 109 Å². The Morgan fingerprint density at radius 2 is 0.703 bits per heavy atom. The lowest BCUT2D eigenvalue weighted by Crippen LogP contribution is -2.30. The Morgan fingerprint density at radius 3 is 1.17 bits per heavy atom. The van der Waals surface area contributed by atoms with E-state index in [0.717, 1.165) is 89.9 Å². The molecule has 0 amide bonds. The van der Waals surface area contributed by atoms with E-state index in [-0.39, 0.29) is 25.2 Å². The summed E-state index contributed by atoms with van der Waals surface area (Å²) >= 11 is 0. The first-order valence-electron chi connectivity index (χ1n) is 27.5. The van der Waals surface area contributed by atoms with Crippen LogP contribution in [0.25, 0.3) is 0 Å². The summed E-state index contributed by atoms with van der Waals surface area (Å²) in [5.74, 6) is -0.420. The molecule has 0 aromatic carbocycles. The molecule has 64 heavy (non-hydrogen) atoms. The van der Waals surface area contributed by atoms with Crippen molar-refractivity contribution in [2.45, 2.75) is 271 Å². The molecule has 0 fully saturated rings. The Kier molecular flexibility index (Phi) is 52.4. The molecule has 0 saturated heterocycles. The molecule has 0 aliphatic rings. The molecular formula is C59H104O5. The Bertz CT molecular complexity index is 1150. The highest BCUT2D eigenvalue weighted by atomic mass is 16.6. The Balaban J connectivity index is 4.32. The van der Waals surface area contributed by atoms with Gasteiger partial charge in [-0.3, -0.25) is 9.59 Å². The monoisotopic (exact) mass is 893 g/mol. The van der Waals surface area contributed by atoms with Gasteiger partial charge in [0.15, 0.2) is 6.10 Å². The summed E-state index contributed by atoms with van der Waals surface area (Å²) in [6.45, 7) is 7.66. The fourth-order valence-corrected chi connectivity index (χ4v) is 7.61. The van der Waals surface area contributed by atoms with E-state index in [2.05, 4.69) is 93.7 Å². The van der Waals surface area contributed by atoms with Gasteiger partial charge in [0.05, 0.1) is 6.61 Å². The summed E-state index contributed by atoms with van der Waals surface area (Å²) in [5.41, 5.74) is 0. The van der Waals surface area contributed by atoms with Gasteiger partial charge in [0.2, 0.25) is 0 Å². The Labute approximate surface area is 397 Å². The minimum Gasteiger partial charge on any atom is -0.462 e. The Hall–Kier alpha value is -2.66. The zero-order valence-corrected chi connectivity index (χ0v) is 42.5. The molecule has 0 radical (unpaired) electrons. The lowest BCUT2D eigenvalue weighted by atomic mass is 10.1. The van der Waals surface area contributed by atoms with E-state index in [0.29, 0.717) is 19.4 Å². The van der Waals surface area contributed by atoms with Gasteiger partial charge in [-0.15, -0.1) is 0 Å². The molecular weight excluding hydrogens is 789 g/mol. The summed E-state index contributed by atoms with van der Waals surface area (Å²) in [4.78, 5) is 25.5. The maximum Gasteiger partial charge on any atom is 0.306 e. The van der Waals surface area contributed by atoms with Crippen LogP contribution < -0.4 is 0 Å². The zero-order chi connectivity index (χ0) is 46.3. The highest BCUT2D eigenvalue weighted by Gasteiger charge is 2.17. The third-order valence-electron chi connectivity index (χ3n) is 11.7. The standard InChI is InChI=1S/C59H104O5/c1-4-7-10-13-16-19-22-25-28-30-32-34-37-40-43-46-49-52-58(60)63-56-57(55-62-54-51-48-45-42-39-36-33-29-26-23-20-17-14-11-8-5-2)64-59(61)53-50-47-44-41-38-35-31-27-24-21-18-15-12-9-6-3/h8,11,17-18,20-21,25-29,31,57H,4-7,9-10,12-16,19,22-24,30,32-56H2,1-3H3/b11-8-,20-17-,21-18-,28-25-,29-26-,31-27-. The van der Waals surface area contributed by atoms with Crippen molar-refractivity contribution in [3.05, 3.63) is 72.9 Å². The molecule has 5 nitrogen and oxygen atoms in total. The number of allylic oxidation sites excluding steroid dienone is 12. The molecule has 1 atom stereocenters. The summed E-state index contributed by atoms with van der Waals surface area (Å²) in [5, 5.41) is 0. The van der Waals surface area contributed by atoms with Crippen molar-refractivity contribution in [2.75, 3.05) is 19.8 Å². The van der Waals surface area contributed by atoms with E-state index in [1.165, 1.54) is 141 Å². The quantitative estimate of drug-likeness (QED) is 0.0346. The zero-order valence-electron chi connectivity index (χ0n) is 42.5. The molecule has 0 aromatic heterocycles. The lowest BCUT2D eigenvalue weighted by molar-refractivity contribution is -0.163. The first kappa shape index (κ1) is 61.3. The van der Waals surface area contributed by atoms with Gasteiger partial charge < -0.3 is 14.2 Å². The minimum atomic E-state index is -0.554. The second-order valence-electron chi connectivity index (χ2n) is 18.1. The molecule has 0 aromatic rings. The summed E-state index contributed by atoms with van der Waals surface area (Å²) in [7, 11) is 0. The van der Waals surface area contributed by atoms with Crippen LogP contribution >= 0.6 is 0 Å². The van der Waals surface area contributed by atoms with Crippen LogP contribution in [-0.2, 0) is 23.8 Å². The minimum absolute atomic E-state index is 0.0706. The van der Waals surface area contributed by atoms with E-state index in [1.807, 2.05) is 0 Å². The van der Waals surface area contributed by atoms with Crippen molar-refractivity contribution in [1.29, 1.82) is 0 Å². The van der Waals surface area contributed by atoms with Gasteiger partial charge >= 0.3 is 11.9 Å². The van der Waals surface area contributed by atoms with Crippen molar-refractivity contribution in [1.82, 2.24) is 0 Å². The molecule has 0 saturated carbocycles. The lowest BCUT2D eigenvalue weighted by Gasteiger charge is -2.18. The largest absolute Gasteiger partial charge is 0.462 e. The van der Waals surface area contributed by atoms with Crippen molar-refractivity contribution in [3.63, 3.8) is 0 Å². The fraction of sp³-hybridized carbons (Fsp3) is 0.763. The van der Waals surface area contributed by atoms with Gasteiger partial charge in [-0.2, -0.15) is 0 Å². The third kappa shape index (κ3) is 52.0. The van der Waals surface area contributed by atoms with Crippen molar-refractivity contribution in [2.24, 2.45) is 0 Å². The van der Waals surface area contributed by atoms with E-state index >= 15 is 0 Å². The number of carbonyl (C=O) groups excluding carboxylic acids is 2. The van der Waals surface area contributed by atoms with Crippen LogP contribution in [0.15, 0.2) is 72.9 Å². The number of unbranched alkanes of at least 4 members (excludes halogenated alkanes) is 27. The topological polar surface area (TPSA) is 61.8 Å². The average Bonchev–Trinajstić information content (AvgIpc) is 3.30. The van der Waals surface area contributed by atoms with Gasteiger partial charge in [0.1, 0.15) is 6.61 Å². The number of carbonyl (C=O) groups is 2. The molecule has 5 heteroatoms. The molecule has 0 N–H and O–H groups in total. The fourth-order valence-electron chi connectivity index (χ4n) is 7.61. The van der Waals surface area contributed by atoms with Crippen LogP contribution in [0.1, 0.15) is 265 Å². The number of ether oxygens (including phenoxy) is 3. The normalized spacial score (nSPS) is 12.7. The van der Waals surface area contributed by atoms with Crippen molar-refractivity contribution >= 4 is 11.9 Å². The first-order chi connectivity index (χ1) is 31.6. The maximum absolute atomic E-state index is 12.8. The maximum atomic E-state index is 12.8. The van der Waals surface area contributed by atoms with Crippen LogP contribution in [0.5, 0.6) is 0 Å². The number of esters is 2. The second kappa shape index (κ2) is 54.7. The predicted molar refractivity (Wildman–Crippen MR) is 279 cm³/mol. The highest BCUT2D eigenvalue weighted by molar-refractivity contribution is 5.70. The molecule has 0 bridgehead atoms. The number of rotatable bonds is 50. The van der Waals surface area contributed by atoms with E-state index in [9.17, 15) is 9.59 Å². The average molecular weight is 893 g/mol. The first-order valence-corrected chi connectivity index (χ1v) is 27.5.